The van der Waals surface area contributed by atoms with Gasteiger partial charge in [0.2, 0.25) is 5.91 Å². The smallest absolute Gasteiger partial charge is 0.224 e. The zero-order chi connectivity index (χ0) is 15.2. The molecule has 0 aliphatic rings. The van der Waals surface area contributed by atoms with Crippen molar-refractivity contribution in [2.24, 2.45) is 0 Å². The lowest BCUT2D eigenvalue weighted by molar-refractivity contribution is -0.129. The van der Waals surface area contributed by atoms with Crippen molar-refractivity contribution >= 4 is 33.3 Å². The van der Waals surface area contributed by atoms with Crippen molar-refractivity contribution in [3.8, 4) is 0 Å². The molecule has 0 aliphatic carbocycles. The molecule has 1 N–H and O–H groups in total. The molecule has 2 aromatic heterocycles. The Labute approximate surface area is 129 Å². The topological polar surface area (TPSA) is 58.1 Å². The number of nitrogens with one attached hydrogen (secondary N) is 1. The minimum atomic E-state index is 0.169. The van der Waals surface area contributed by atoms with Crippen LogP contribution in [0.5, 0.6) is 0 Å². The molecule has 0 unspecified atom stereocenters. The van der Waals surface area contributed by atoms with Crippen LogP contribution in [0.2, 0.25) is 0 Å². The molecule has 5 nitrogen and oxygen atoms in total. The summed E-state index contributed by atoms with van der Waals surface area (Å²) in [6.45, 7) is 5.61. The largest absolute Gasteiger partial charge is 0.369 e. The highest BCUT2D eigenvalue weighted by atomic mass is 32.1. The van der Waals surface area contributed by atoms with E-state index in [2.05, 4.69) is 35.2 Å². The molecule has 1 amide bonds. The van der Waals surface area contributed by atoms with Gasteiger partial charge in [-0.15, -0.1) is 11.3 Å². The summed E-state index contributed by atoms with van der Waals surface area (Å²) in [6, 6.07) is 2.08. The third-order valence-corrected chi connectivity index (χ3v) is 4.32. The number of fused-ring (bicyclic) bond motifs is 1. The predicted octanol–water partition coefficient (Wildman–Crippen LogP) is 3.06. The van der Waals surface area contributed by atoms with Gasteiger partial charge in [0, 0.05) is 31.4 Å². The van der Waals surface area contributed by atoms with E-state index in [0.717, 1.165) is 35.4 Å². The Morgan fingerprint density at radius 1 is 1.43 bits per heavy atom. The Kier molecular flexibility index (Phi) is 5.50. The van der Waals surface area contributed by atoms with Crippen LogP contribution in [0.25, 0.3) is 10.2 Å². The molecule has 0 bridgehead atoms. The summed E-state index contributed by atoms with van der Waals surface area (Å²) < 4.78 is 0. The normalized spacial score (nSPS) is 10.8. The number of hydrogen-bond donors (Lipinski definition) is 1. The van der Waals surface area contributed by atoms with Gasteiger partial charge in [0.25, 0.3) is 0 Å². The molecule has 2 aromatic rings. The third kappa shape index (κ3) is 4.14. The fourth-order valence-electron chi connectivity index (χ4n) is 2.12. The first kappa shape index (κ1) is 15.7. The number of amides is 1. The molecule has 0 aliphatic heterocycles. The Morgan fingerprint density at radius 2 is 2.24 bits per heavy atom. The number of aromatic nitrogens is 2. The Balaban J connectivity index is 1.89. The van der Waals surface area contributed by atoms with E-state index in [1.165, 1.54) is 4.88 Å². The molecule has 0 radical (unpaired) electrons. The van der Waals surface area contributed by atoms with E-state index in [9.17, 15) is 4.79 Å². The second-order valence-electron chi connectivity index (χ2n) is 5.14. The van der Waals surface area contributed by atoms with Crippen LogP contribution in [0.3, 0.4) is 0 Å². The number of thiophene rings is 1. The molecule has 0 saturated carbocycles. The molecule has 114 valence electrons. The van der Waals surface area contributed by atoms with Crippen molar-refractivity contribution < 1.29 is 4.79 Å². The van der Waals surface area contributed by atoms with Gasteiger partial charge in [-0.05, 0) is 19.4 Å². The van der Waals surface area contributed by atoms with Gasteiger partial charge in [0.05, 0.1) is 5.39 Å². The van der Waals surface area contributed by atoms with Gasteiger partial charge < -0.3 is 10.2 Å². The van der Waals surface area contributed by atoms with Gasteiger partial charge >= 0.3 is 0 Å². The van der Waals surface area contributed by atoms with Crippen molar-refractivity contribution in [1.82, 2.24) is 14.9 Å². The lowest BCUT2D eigenvalue weighted by Gasteiger charge is -2.16. The first-order chi connectivity index (χ1) is 10.1. The van der Waals surface area contributed by atoms with Crippen LogP contribution in [0.4, 0.5) is 5.82 Å². The lowest BCUT2D eigenvalue weighted by atomic mass is 10.3. The average molecular weight is 306 g/mol. The number of unbranched alkanes of at least 4 members (excludes halogenated alkanes) is 1. The van der Waals surface area contributed by atoms with Crippen LogP contribution in [0.15, 0.2) is 12.4 Å². The van der Waals surface area contributed by atoms with Crippen molar-refractivity contribution in [2.45, 2.75) is 33.1 Å². The van der Waals surface area contributed by atoms with E-state index < -0.39 is 0 Å². The van der Waals surface area contributed by atoms with Crippen molar-refractivity contribution in [3.63, 3.8) is 0 Å². The first-order valence-electron chi connectivity index (χ1n) is 7.30. The Bertz CT molecular complexity index is 611. The maximum atomic E-state index is 12.0. The van der Waals surface area contributed by atoms with Crippen molar-refractivity contribution in [1.29, 1.82) is 0 Å². The number of anilines is 1. The van der Waals surface area contributed by atoms with E-state index in [-0.39, 0.29) is 5.91 Å². The molecule has 21 heavy (non-hydrogen) atoms. The molecule has 2 heterocycles. The number of carbonyl (C=O) groups excluding carboxylic acids is 1. The summed E-state index contributed by atoms with van der Waals surface area (Å²) in [6.07, 6.45) is 4.20. The molecule has 0 spiro atoms. The quantitative estimate of drug-likeness (QED) is 0.854. The zero-order valence-electron chi connectivity index (χ0n) is 12.8. The number of hydrogen-bond acceptors (Lipinski definition) is 5. The minimum Gasteiger partial charge on any atom is -0.369 e. The Morgan fingerprint density at radius 3 is 3.00 bits per heavy atom. The van der Waals surface area contributed by atoms with Crippen LogP contribution < -0.4 is 5.32 Å². The molecular formula is C15H22N4OS. The maximum absolute atomic E-state index is 12.0. The molecular weight excluding hydrogens is 284 g/mol. The zero-order valence-corrected chi connectivity index (χ0v) is 13.7. The van der Waals surface area contributed by atoms with Crippen LogP contribution in [-0.2, 0) is 4.79 Å². The summed E-state index contributed by atoms with van der Waals surface area (Å²) in [4.78, 5) is 24.5. The standard InChI is InChI=1S/C15H22N4OS/c1-4-5-8-19(3)13(20)6-7-16-14-12-9-11(2)21-15(12)18-10-17-14/h9-10H,4-8H2,1-3H3,(H,16,17,18). The highest BCUT2D eigenvalue weighted by molar-refractivity contribution is 7.18. The first-order valence-corrected chi connectivity index (χ1v) is 8.12. The van der Waals surface area contributed by atoms with Crippen LogP contribution in [0, 0.1) is 6.92 Å². The van der Waals surface area contributed by atoms with E-state index in [1.54, 1.807) is 22.6 Å². The highest BCUT2D eigenvalue weighted by Gasteiger charge is 2.09. The maximum Gasteiger partial charge on any atom is 0.224 e. The van der Waals surface area contributed by atoms with Gasteiger partial charge in [-0.2, -0.15) is 0 Å². The minimum absolute atomic E-state index is 0.169. The summed E-state index contributed by atoms with van der Waals surface area (Å²) in [7, 11) is 1.86. The summed E-state index contributed by atoms with van der Waals surface area (Å²) >= 11 is 1.65. The fourth-order valence-corrected chi connectivity index (χ4v) is 2.96. The van der Waals surface area contributed by atoms with Gasteiger partial charge in [-0.3, -0.25) is 4.79 Å². The van der Waals surface area contributed by atoms with Crippen LogP contribution in [0.1, 0.15) is 31.1 Å². The second kappa shape index (κ2) is 7.36. The van der Waals surface area contributed by atoms with Crippen molar-refractivity contribution in [2.75, 3.05) is 25.5 Å². The van der Waals surface area contributed by atoms with Crippen LogP contribution in [-0.4, -0.2) is 40.9 Å². The number of rotatable bonds is 7. The fraction of sp³-hybridized carbons (Fsp3) is 0.533. The molecule has 0 fully saturated rings. The summed E-state index contributed by atoms with van der Waals surface area (Å²) in [5.74, 6) is 0.983. The third-order valence-electron chi connectivity index (χ3n) is 3.36. The van der Waals surface area contributed by atoms with Gasteiger partial charge in [-0.1, -0.05) is 13.3 Å². The lowest BCUT2D eigenvalue weighted by Crippen LogP contribution is -2.29. The summed E-state index contributed by atoms with van der Waals surface area (Å²) in [5, 5.41) is 4.28. The van der Waals surface area contributed by atoms with Crippen molar-refractivity contribution in [3.05, 3.63) is 17.3 Å². The number of aryl methyl sites for hydroxylation is 1. The molecule has 0 atom stereocenters. The number of nitrogens with zero attached hydrogens (tertiary/aromatic N) is 3. The predicted molar refractivity (Wildman–Crippen MR) is 87.8 cm³/mol. The average Bonchev–Trinajstić information content (AvgIpc) is 2.85. The number of carbonyl (C=O) groups is 1. The SMILES string of the molecule is CCCCN(C)C(=O)CCNc1ncnc2sc(C)cc12. The second-order valence-corrected chi connectivity index (χ2v) is 6.38. The summed E-state index contributed by atoms with van der Waals surface area (Å²) in [5.41, 5.74) is 0. The Hall–Kier alpha value is -1.69. The van der Waals surface area contributed by atoms with Gasteiger partial charge in [0.1, 0.15) is 17.0 Å². The van der Waals surface area contributed by atoms with E-state index in [4.69, 9.17) is 0 Å². The van der Waals surface area contributed by atoms with Gasteiger partial charge in [-0.25, -0.2) is 9.97 Å². The molecule has 2 rings (SSSR count). The molecule has 0 aromatic carbocycles. The van der Waals surface area contributed by atoms with E-state index in [0.29, 0.717) is 13.0 Å². The van der Waals surface area contributed by atoms with Gasteiger partial charge in [0.15, 0.2) is 0 Å². The monoisotopic (exact) mass is 306 g/mol. The van der Waals surface area contributed by atoms with E-state index >= 15 is 0 Å². The highest BCUT2D eigenvalue weighted by Crippen LogP contribution is 2.27. The molecule has 6 heteroatoms. The molecule has 0 saturated heterocycles. The van der Waals surface area contributed by atoms with Crippen LogP contribution >= 0.6 is 11.3 Å². The van der Waals surface area contributed by atoms with E-state index in [1.807, 2.05) is 7.05 Å².